The third-order valence-electron chi connectivity index (χ3n) is 5.99. The van der Waals surface area contributed by atoms with Gasteiger partial charge in [0.25, 0.3) is 5.69 Å². The number of nitrogens with zero attached hydrogens (tertiary/aromatic N) is 3. The standard InChI is InChI=1S/C31H26ClN5O5/c1-3-21-4-6-23(7-5-21)19-42-31(39)24-10-8-22(9-11-24)18-33-25-12-14-29(30(16-25)34-20(2)38)36-35-28-15-13-26(37(40)41)17-27(28)32/h3-17,33H,1,18-19H2,2H3,(H,34,38). The molecular weight excluding hydrogens is 558 g/mol. The van der Waals surface area contributed by atoms with Gasteiger partial charge in [0.1, 0.15) is 18.0 Å². The first-order chi connectivity index (χ1) is 20.2. The third-order valence-corrected chi connectivity index (χ3v) is 6.29. The highest BCUT2D eigenvalue weighted by molar-refractivity contribution is 6.33. The highest BCUT2D eigenvalue weighted by Crippen LogP contribution is 2.33. The summed E-state index contributed by atoms with van der Waals surface area (Å²) in [4.78, 5) is 34.6. The second-order valence-corrected chi connectivity index (χ2v) is 9.49. The van der Waals surface area contributed by atoms with Crippen molar-refractivity contribution in [1.29, 1.82) is 0 Å². The molecule has 0 unspecified atom stereocenters. The van der Waals surface area contributed by atoms with Crippen LogP contribution in [0.3, 0.4) is 0 Å². The van der Waals surface area contributed by atoms with Gasteiger partial charge in [-0.05, 0) is 53.1 Å². The molecule has 0 aromatic heterocycles. The SMILES string of the molecule is C=Cc1ccc(COC(=O)c2ccc(CNc3ccc(N=Nc4ccc([N+](=O)[O-])cc4Cl)c(NC(C)=O)c3)cc2)cc1. The predicted octanol–water partition coefficient (Wildman–Crippen LogP) is 8.23. The molecule has 2 N–H and O–H groups in total. The van der Waals surface area contributed by atoms with Gasteiger partial charge >= 0.3 is 5.97 Å². The summed E-state index contributed by atoms with van der Waals surface area (Å²) >= 11 is 6.10. The van der Waals surface area contributed by atoms with Gasteiger partial charge < -0.3 is 15.4 Å². The molecule has 0 radical (unpaired) electrons. The van der Waals surface area contributed by atoms with Crippen LogP contribution < -0.4 is 10.6 Å². The lowest BCUT2D eigenvalue weighted by molar-refractivity contribution is -0.384. The first kappa shape index (κ1) is 29.6. The summed E-state index contributed by atoms with van der Waals surface area (Å²) in [6.45, 7) is 5.72. The molecule has 4 aromatic carbocycles. The molecule has 0 aliphatic rings. The second kappa shape index (κ2) is 13.8. The number of esters is 1. The van der Waals surface area contributed by atoms with Crippen LogP contribution in [0.4, 0.5) is 28.4 Å². The zero-order chi connectivity index (χ0) is 30.1. The van der Waals surface area contributed by atoms with Crippen molar-refractivity contribution in [2.75, 3.05) is 10.6 Å². The van der Waals surface area contributed by atoms with Gasteiger partial charge in [-0.3, -0.25) is 14.9 Å². The highest BCUT2D eigenvalue weighted by atomic mass is 35.5. The molecular formula is C31H26ClN5O5. The van der Waals surface area contributed by atoms with E-state index in [-0.39, 0.29) is 28.9 Å². The third kappa shape index (κ3) is 8.09. The Hall–Kier alpha value is -5.35. The van der Waals surface area contributed by atoms with Crippen LogP contribution in [0.2, 0.25) is 5.02 Å². The molecule has 4 rings (SSSR count). The lowest BCUT2D eigenvalue weighted by Gasteiger charge is -2.11. The molecule has 0 heterocycles. The molecule has 212 valence electrons. The van der Waals surface area contributed by atoms with Crippen LogP contribution in [0.15, 0.2) is 102 Å². The Morgan fingerprint density at radius 2 is 1.62 bits per heavy atom. The van der Waals surface area contributed by atoms with Crippen molar-refractivity contribution >= 4 is 58.0 Å². The largest absolute Gasteiger partial charge is 0.457 e. The minimum absolute atomic E-state index is 0.0742. The molecule has 0 saturated heterocycles. The first-order valence-electron chi connectivity index (χ1n) is 12.7. The average molecular weight is 584 g/mol. The summed E-state index contributed by atoms with van der Waals surface area (Å²) in [5, 5.41) is 25.3. The quantitative estimate of drug-likeness (QED) is 0.0789. The van der Waals surface area contributed by atoms with E-state index >= 15 is 0 Å². The Morgan fingerprint density at radius 3 is 2.26 bits per heavy atom. The molecule has 0 fully saturated rings. The van der Waals surface area contributed by atoms with Gasteiger partial charge in [0.05, 0.1) is 21.2 Å². The van der Waals surface area contributed by atoms with Gasteiger partial charge in [0.2, 0.25) is 5.91 Å². The second-order valence-electron chi connectivity index (χ2n) is 9.08. The van der Waals surface area contributed by atoms with Crippen LogP contribution >= 0.6 is 11.6 Å². The number of carbonyl (C=O) groups is 2. The smallest absolute Gasteiger partial charge is 0.338 e. The number of amides is 1. The number of ether oxygens (including phenoxy) is 1. The van der Waals surface area contributed by atoms with Crippen LogP contribution in [0.5, 0.6) is 0 Å². The normalized spacial score (nSPS) is 10.7. The lowest BCUT2D eigenvalue weighted by Crippen LogP contribution is -2.07. The molecule has 10 nitrogen and oxygen atoms in total. The number of benzene rings is 4. The number of anilines is 2. The fraction of sp³-hybridized carbons (Fsp3) is 0.0968. The van der Waals surface area contributed by atoms with Crippen LogP contribution in [-0.2, 0) is 22.7 Å². The fourth-order valence-electron chi connectivity index (χ4n) is 3.77. The maximum atomic E-state index is 12.5. The zero-order valence-electron chi connectivity index (χ0n) is 22.5. The van der Waals surface area contributed by atoms with Gasteiger partial charge in [0.15, 0.2) is 0 Å². The Morgan fingerprint density at radius 1 is 0.952 bits per heavy atom. The van der Waals surface area contributed by atoms with Gasteiger partial charge in [-0.15, -0.1) is 10.2 Å². The minimum Gasteiger partial charge on any atom is -0.457 e. The van der Waals surface area contributed by atoms with E-state index in [1.807, 2.05) is 36.4 Å². The number of rotatable bonds is 11. The molecule has 0 aliphatic carbocycles. The Labute approximate surface area is 246 Å². The summed E-state index contributed by atoms with van der Waals surface area (Å²) in [6, 6.07) is 23.7. The lowest BCUT2D eigenvalue weighted by atomic mass is 10.1. The molecule has 0 saturated carbocycles. The number of azo groups is 1. The van der Waals surface area contributed by atoms with E-state index in [1.54, 1.807) is 36.4 Å². The summed E-state index contributed by atoms with van der Waals surface area (Å²) in [5.41, 5.74) is 4.80. The monoisotopic (exact) mass is 583 g/mol. The molecule has 0 spiro atoms. The first-order valence-corrected chi connectivity index (χ1v) is 13.1. The molecule has 1 amide bonds. The van der Waals surface area contributed by atoms with Gasteiger partial charge in [0, 0.05) is 31.3 Å². The number of nitro benzene ring substituents is 1. The summed E-state index contributed by atoms with van der Waals surface area (Å²) in [7, 11) is 0. The molecule has 42 heavy (non-hydrogen) atoms. The van der Waals surface area contributed by atoms with Gasteiger partial charge in [-0.25, -0.2) is 4.79 Å². The Balaban J connectivity index is 1.38. The number of nitrogens with one attached hydrogen (secondary N) is 2. The van der Waals surface area contributed by atoms with Gasteiger partial charge in [-0.2, -0.15) is 0 Å². The minimum atomic E-state index is -0.554. The molecule has 11 heteroatoms. The van der Waals surface area contributed by atoms with Crippen LogP contribution in [0.1, 0.15) is 34.0 Å². The summed E-state index contributed by atoms with van der Waals surface area (Å²) in [5.74, 6) is -0.713. The van der Waals surface area contributed by atoms with Crippen LogP contribution in [-0.4, -0.2) is 16.8 Å². The molecule has 0 aliphatic heterocycles. The van der Waals surface area contributed by atoms with Crippen molar-refractivity contribution < 1.29 is 19.2 Å². The van der Waals surface area contributed by atoms with Crippen molar-refractivity contribution in [2.45, 2.75) is 20.1 Å². The number of halogens is 1. The van der Waals surface area contributed by atoms with E-state index in [9.17, 15) is 19.7 Å². The van der Waals surface area contributed by atoms with Crippen LogP contribution in [0, 0.1) is 10.1 Å². The van der Waals surface area contributed by atoms with E-state index < -0.39 is 10.9 Å². The zero-order valence-corrected chi connectivity index (χ0v) is 23.3. The maximum Gasteiger partial charge on any atom is 0.338 e. The van der Waals surface area contributed by atoms with Gasteiger partial charge in [-0.1, -0.05) is 60.7 Å². The topological polar surface area (TPSA) is 135 Å². The van der Waals surface area contributed by atoms with E-state index in [0.29, 0.717) is 29.2 Å². The number of carbonyl (C=O) groups excluding carboxylic acids is 2. The van der Waals surface area contributed by atoms with E-state index in [1.165, 1.54) is 25.1 Å². The molecule has 4 aromatic rings. The average Bonchev–Trinajstić information content (AvgIpc) is 2.99. The summed E-state index contributed by atoms with van der Waals surface area (Å²) < 4.78 is 5.42. The van der Waals surface area contributed by atoms with E-state index in [4.69, 9.17) is 16.3 Å². The van der Waals surface area contributed by atoms with E-state index in [0.717, 1.165) is 16.7 Å². The van der Waals surface area contributed by atoms with E-state index in [2.05, 4.69) is 27.4 Å². The summed E-state index contributed by atoms with van der Waals surface area (Å²) in [6.07, 6.45) is 1.75. The fourth-order valence-corrected chi connectivity index (χ4v) is 3.98. The molecule has 0 atom stereocenters. The predicted molar refractivity (Wildman–Crippen MR) is 162 cm³/mol. The number of non-ortho nitro benzene ring substituents is 1. The number of hydrogen-bond donors (Lipinski definition) is 2. The van der Waals surface area contributed by atoms with Crippen molar-refractivity contribution in [1.82, 2.24) is 0 Å². The maximum absolute atomic E-state index is 12.5. The van der Waals surface area contributed by atoms with Crippen molar-refractivity contribution in [3.8, 4) is 0 Å². The Bertz CT molecular complexity index is 1650. The number of hydrogen-bond acceptors (Lipinski definition) is 8. The highest BCUT2D eigenvalue weighted by Gasteiger charge is 2.11. The van der Waals surface area contributed by atoms with Crippen molar-refractivity contribution in [2.24, 2.45) is 10.2 Å². The molecule has 0 bridgehead atoms. The Kier molecular flexibility index (Phi) is 9.75. The van der Waals surface area contributed by atoms with Crippen molar-refractivity contribution in [3.63, 3.8) is 0 Å². The van der Waals surface area contributed by atoms with Crippen LogP contribution in [0.25, 0.3) is 6.08 Å². The van der Waals surface area contributed by atoms with Crippen molar-refractivity contribution in [3.05, 3.63) is 129 Å². The number of nitro groups is 1.